The largest absolute Gasteiger partial charge is 0.481 e. The molecule has 2 unspecified atom stereocenters. The Hall–Kier alpha value is -0.580. The highest BCUT2D eigenvalue weighted by molar-refractivity contribution is 9.10. The van der Waals surface area contributed by atoms with Crippen molar-refractivity contribution in [1.29, 1.82) is 0 Å². The maximum Gasteiger partial charge on any atom is 0.309 e. The first-order valence-corrected chi connectivity index (χ1v) is 6.56. The van der Waals surface area contributed by atoms with Crippen LogP contribution in [0.15, 0.2) is 22.7 Å². The first-order valence-electron chi connectivity index (χ1n) is 5.39. The Morgan fingerprint density at radius 1 is 1.53 bits per heavy atom. The zero-order valence-corrected chi connectivity index (χ0v) is 11.4. The lowest BCUT2D eigenvalue weighted by atomic mass is 9.90. The van der Waals surface area contributed by atoms with Crippen LogP contribution in [0, 0.1) is 5.92 Å². The van der Waals surface area contributed by atoms with Crippen LogP contribution < -0.4 is 0 Å². The van der Waals surface area contributed by atoms with E-state index in [1.165, 1.54) is 0 Å². The van der Waals surface area contributed by atoms with E-state index < -0.39 is 11.9 Å². The second kappa shape index (κ2) is 5.38. The third kappa shape index (κ3) is 2.81. The van der Waals surface area contributed by atoms with E-state index in [0.29, 0.717) is 18.1 Å². The molecule has 0 amide bonds. The van der Waals surface area contributed by atoms with Crippen molar-refractivity contribution in [3.63, 3.8) is 0 Å². The van der Waals surface area contributed by atoms with Crippen molar-refractivity contribution in [3.05, 3.63) is 33.3 Å². The van der Waals surface area contributed by atoms with Gasteiger partial charge in [-0.15, -0.1) is 0 Å². The minimum atomic E-state index is -0.805. The first kappa shape index (κ1) is 12.9. The van der Waals surface area contributed by atoms with E-state index >= 15 is 0 Å². The SMILES string of the molecule is O=C(O)C1CCCOC1c1ccc(Cl)c(Br)c1. The molecule has 5 heteroatoms. The third-order valence-electron chi connectivity index (χ3n) is 2.91. The van der Waals surface area contributed by atoms with Gasteiger partial charge in [0.05, 0.1) is 17.0 Å². The van der Waals surface area contributed by atoms with Gasteiger partial charge in [-0.2, -0.15) is 0 Å². The molecule has 1 fully saturated rings. The molecule has 17 heavy (non-hydrogen) atoms. The van der Waals surface area contributed by atoms with Gasteiger partial charge < -0.3 is 9.84 Å². The molecule has 0 radical (unpaired) electrons. The van der Waals surface area contributed by atoms with Crippen LogP contribution in [0.5, 0.6) is 0 Å². The van der Waals surface area contributed by atoms with Crippen molar-refractivity contribution in [2.75, 3.05) is 6.61 Å². The van der Waals surface area contributed by atoms with Crippen molar-refractivity contribution in [2.45, 2.75) is 18.9 Å². The number of hydrogen-bond acceptors (Lipinski definition) is 2. The molecular weight excluding hydrogens is 307 g/mol. The summed E-state index contributed by atoms with van der Waals surface area (Å²) in [6.45, 7) is 0.606. The smallest absolute Gasteiger partial charge is 0.309 e. The lowest BCUT2D eigenvalue weighted by molar-refractivity contribution is -0.151. The summed E-state index contributed by atoms with van der Waals surface area (Å²) >= 11 is 9.25. The number of carboxylic acid groups (broad SMARTS) is 1. The van der Waals surface area contributed by atoms with E-state index in [0.717, 1.165) is 16.5 Å². The Morgan fingerprint density at radius 3 is 2.94 bits per heavy atom. The molecule has 0 saturated carbocycles. The molecule has 2 atom stereocenters. The Kier molecular flexibility index (Phi) is 4.07. The summed E-state index contributed by atoms with van der Waals surface area (Å²) in [4.78, 5) is 11.2. The van der Waals surface area contributed by atoms with Gasteiger partial charge in [-0.25, -0.2) is 0 Å². The van der Waals surface area contributed by atoms with Crippen LogP contribution in [-0.2, 0) is 9.53 Å². The molecule has 1 aromatic carbocycles. The van der Waals surface area contributed by atoms with Gasteiger partial charge in [-0.05, 0) is 46.5 Å². The average Bonchev–Trinajstić information content (AvgIpc) is 2.32. The van der Waals surface area contributed by atoms with Gasteiger partial charge in [-0.1, -0.05) is 17.7 Å². The average molecular weight is 320 g/mol. The molecular formula is C12H12BrClO3. The zero-order chi connectivity index (χ0) is 12.4. The fourth-order valence-electron chi connectivity index (χ4n) is 2.05. The van der Waals surface area contributed by atoms with Gasteiger partial charge in [0.25, 0.3) is 0 Å². The van der Waals surface area contributed by atoms with Crippen LogP contribution in [-0.4, -0.2) is 17.7 Å². The number of rotatable bonds is 2. The van der Waals surface area contributed by atoms with Crippen LogP contribution in [0.2, 0.25) is 5.02 Å². The minimum absolute atomic E-state index is 0.380. The highest BCUT2D eigenvalue weighted by atomic mass is 79.9. The number of aliphatic carboxylic acids is 1. The standard InChI is InChI=1S/C12H12BrClO3/c13-9-6-7(3-4-10(9)14)11-8(12(15)16)2-1-5-17-11/h3-4,6,8,11H,1-2,5H2,(H,15,16). The van der Waals surface area contributed by atoms with Crippen LogP contribution in [0.4, 0.5) is 0 Å². The van der Waals surface area contributed by atoms with E-state index in [9.17, 15) is 9.90 Å². The van der Waals surface area contributed by atoms with Gasteiger partial charge in [-0.3, -0.25) is 4.79 Å². The summed E-state index contributed by atoms with van der Waals surface area (Å²) in [7, 11) is 0. The molecule has 0 bridgehead atoms. The summed E-state index contributed by atoms with van der Waals surface area (Å²) in [5.74, 6) is -1.28. The highest BCUT2D eigenvalue weighted by Crippen LogP contribution is 2.36. The first-order chi connectivity index (χ1) is 8.09. The molecule has 1 heterocycles. The second-order valence-electron chi connectivity index (χ2n) is 4.05. The van der Waals surface area contributed by atoms with Crippen LogP contribution in [0.25, 0.3) is 0 Å². The molecule has 1 aliphatic heterocycles. The van der Waals surface area contributed by atoms with Crippen LogP contribution in [0.1, 0.15) is 24.5 Å². The Labute approximate surface area is 113 Å². The van der Waals surface area contributed by atoms with E-state index in [4.69, 9.17) is 16.3 Å². The number of carbonyl (C=O) groups is 1. The third-order valence-corrected chi connectivity index (χ3v) is 4.13. The van der Waals surface area contributed by atoms with Crippen molar-refractivity contribution in [2.24, 2.45) is 5.92 Å². The monoisotopic (exact) mass is 318 g/mol. The molecule has 1 aromatic rings. The number of ether oxygens (including phenoxy) is 1. The lowest BCUT2D eigenvalue weighted by Gasteiger charge is -2.29. The molecule has 2 rings (SSSR count). The molecule has 0 spiro atoms. The number of benzene rings is 1. The van der Waals surface area contributed by atoms with Crippen molar-refractivity contribution in [1.82, 2.24) is 0 Å². The normalized spacial score (nSPS) is 24.6. The molecule has 0 aromatic heterocycles. The van der Waals surface area contributed by atoms with E-state index in [1.807, 2.05) is 12.1 Å². The molecule has 1 N–H and O–H groups in total. The van der Waals surface area contributed by atoms with Crippen LogP contribution in [0.3, 0.4) is 0 Å². The molecule has 1 saturated heterocycles. The van der Waals surface area contributed by atoms with Gasteiger partial charge in [0.15, 0.2) is 0 Å². The molecule has 1 aliphatic rings. The summed E-state index contributed by atoms with van der Waals surface area (Å²) in [5.41, 5.74) is 0.855. The summed E-state index contributed by atoms with van der Waals surface area (Å²) < 4.78 is 6.35. The fraction of sp³-hybridized carbons (Fsp3) is 0.417. The lowest BCUT2D eigenvalue weighted by Crippen LogP contribution is -2.28. The van der Waals surface area contributed by atoms with Crippen molar-refractivity contribution in [3.8, 4) is 0 Å². The minimum Gasteiger partial charge on any atom is -0.481 e. The maximum atomic E-state index is 11.2. The van der Waals surface area contributed by atoms with Crippen molar-refractivity contribution < 1.29 is 14.6 Å². The van der Waals surface area contributed by atoms with Gasteiger partial charge >= 0.3 is 5.97 Å². The molecule has 3 nitrogen and oxygen atoms in total. The highest BCUT2D eigenvalue weighted by Gasteiger charge is 2.33. The summed E-state index contributed by atoms with van der Waals surface area (Å²) in [6, 6.07) is 5.39. The van der Waals surface area contributed by atoms with Crippen LogP contribution >= 0.6 is 27.5 Å². The van der Waals surface area contributed by atoms with E-state index in [-0.39, 0.29) is 6.10 Å². The number of hydrogen-bond donors (Lipinski definition) is 1. The Balaban J connectivity index is 2.29. The van der Waals surface area contributed by atoms with Gasteiger partial charge in [0.2, 0.25) is 0 Å². The summed E-state index contributed by atoms with van der Waals surface area (Å²) in [5, 5.41) is 9.78. The molecule has 92 valence electrons. The van der Waals surface area contributed by atoms with E-state index in [1.54, 1.807) is 6.07 Å². The van der Waals surface area contributed by atoms with Gasteiger partial charge in [0, 0.05) is 11.1 Å². The Morgan fingerprint density at radius 2 is 2.29 bits per heavy atom. The second-order valence-corrected chi connectivity index (χ2v) is 5.31. The number of carboxylic acids is 1. The quantitative estimate of drug-likeness (QED) is 0.905. The molecule has 0 aliphatic carbocycles. The number of halogens is 2. The van der Waals surface area contributed by atoms with E-state index in [2.05, 4.69) is 15.9 Å². The zero-order valence-electron chi connectivity index (χ0n) is 9.03. The fourth-order valence-corrected chi connectivity index (χ4v) is 2.57. The predicted molar refractivity (Wildman–Crippen MR) is 68.2 cm³/mol. The van der Waals surface area contributed by atoms with Gasteiger partial charge in [0.1, 0.15) is 0 Å². The maximum absolute atomic E-state index is 11.2. The topological polar surface area (TPSA) is 46.5 Å². The Bertz CT molecular complexity index is 436. The predicted octanol–water partition coefficient (Wildman–Crippen LogP) is 3.65. The summed E-state index contributed by atoms with van der Waals surface area (Å²) in [6.07, 6.45) is 1.07. The van der Waals surface area contributed by atoms with Crippen molar-refractivity contribution >= 4 is 33.5 Å².